The first kappa shape index (κ1) is 16.6. The SMILES string of the molecule is O=C(Nc1nnc(-c2cccnc2)o1)c1cccc(N2C(=O)CCC2=O)c1. The third-order valence-corrected chi connectivity index (χ3v) is 3.97. The van der Waals surface area contributed by atoms with E-state index in [4.69, 9.17) is 4.42 Å². The highest BCUT2D eigenvalue weighted by Gasteiger charge is 2.30. The van der Waals surface area contributed by atoms with E-state index < -0.39 is 5.91 Å². The van der Waals surface area contributed by atoms with Gasteiger partial charge in [-0.25, -0.2) is 0 Å². The molecule has 1 N–H and O–H groups in total. The second kappa shape index (κ2) is 6.79. The standard InChI is InChI=1S/C18H13N5O4/c24-14-6-7-15(25)23(14)13-5-1-3-11(9-13)16(26)20-18-22-21-17(27-18)12-4-2-8-19-10-12/h1-5,8-10H,6-7H2,(H,20,22,26). The molecule has 0 aliphatic carbocycles. The Morgan fingerprint density at radius 3 is 2.63 bits per heavy atom. The summed E-state index contributed by atoms with van der Waals surface area (Å²) in [6, 6.07) is 9.63. The van der Waals surface area contributed by atoms with Crippen LogP contribution in [0.1, 0.15) is 23.2 Å². The van der Waals surface area contributed by atoms with Crippen molar-refractivity contribution in [3.63, 3.8) is 0 Å². The second-order valence-electron chi connectivity index (χ2n) is 5.78. The van der Waals surface area contributed by atoms with Crippen LogP contribution in [-0.4, -0.2) is 32.9 Å². The topological polar surface area (TPSA) is 118 Å². The lowest BCUT2D eigenvalue weighted by molar-refractivity contribution is -0.121. The lowest BCUT2D eigenvalue weighted by Gasteiger charge is -2.14. The van der Waals surface area contributed by atoms with Crippen LogP contribution in [0.15, 0.2) is 53.2 Å². The molecule has 3 heterocycles. The maximum absolute atomic E-state index is 12.5. The molecule has 1 aliphatic rings. The van der Waals surface area contributed by atoms with Crippen LogP contribution in [0.4, 0.5) is 11.7 Å². The molecule has 1 aromatic carbocycles. The quantitative estimate of drug-likeness (QED) is 0.705. The van der Waals surface area contributed by atoms with Crippen LogP contribution in [-0.2, 0) is 9.59 Å². The molecule has 3 aromatic rings. The van der Waals surface area contributed by atoms with Crippen molar-refractivity contribution in [2.24, 2.45) is 0 Å². The summed E-state index contributed by atoms with van der Waals surface area (Å²) in [6.45, 7) is 0. The number of rotatable bonds is 4. The van der Waals surface area contributed by atoms with Gasteiger partial charge in [-0.1, -0.05) is 11.2 Å². The van der Waals surface area contributed by atoms with Crippen molar-refractivity contribution in [2.75, 3.05) is 10.2 Å². The first-order chi connectivity index (χ1) is 13.1. The van der Waals surface area contributed by atoms with Gasteiger partial charge in [0.2, 0.25) is 11.8 Å². The lowest BCUT2D eigenvalue weighted by atomic mass is 10.2. The summed E-state index contributed by atoms with van der Waals surface area (Å²) in [5, 5.41) is 10.2. The highest BCUT2D eigenvalue weighted by atomic mass is 16.4. The zero-order chi connectivity index (χ0) is 18.8. The minimum absolute atomic E-state index is 0.0717. The minimum Gasteiger partial charge on any atom is -0.403 e. The van der Waals surface area contributed by atoms with Gasteiger partial charge in [0.05, 0.1) is 11.3 Å². The number of carbonyl (C=O) groups is 3. The van der Waals surface area contributed by atoms with Gasteiger partial charge in [0.15, 0.2) is 0 Å². The average Bonchev–Trinajstić information content (AvgIpc) is 3.29. The van der Waals surface area contributed by atoms with E-state index in [1.54, 1.807) is 42.7 Å². The van der Waals surface area contributed by atoms with Crippen LogP contribution in [0, 0.1) is 0 Å². The number of hydrogen-bond donors (Lipinski definition) is 1. The summed E-state index contributed by atoms with van der Waals surface area (Å²) < 4.78 is 5.41. The van der Waals surface area contributed by atoms with Gasteiger partial charge in [-0.3, -0.25) is 29.6 Å². The van der Waals surface area contributed by atoms with Crippen LogP contribution in [0.25, 0.3) is 11.5 Å². The fourth-order valence-corrected chi connectivity index (χ4v) is 2.70. The van der Waals surface area contributed by atoms with Crippen LogP contribution in [0.2, 0.25) is 0 Å². The molecular weight excluding hydrogens is 350 g/mol. The number of pyridine rings is 1. The van der Waals surface area contributed by atoms with Gasteiger partial charge in [0.1, 0.15) is 0 Å². The van der Waals surface area contributed by atoms with E-state index in [0.29, 0.717) is 11.3 Å². The van der Waals surface area contributed by atoms with E-state index in [0.717, 1.165) is 4.90 Å². The molecule has 134 valence electrons. The molecule has 0 spiro atoms. The lowest BCUT2D eigenvalue weighted by Crippen LogP contribution is -2.28. The molecule has 9 nitrogen and oxygen atoms in total. The molecule has 1 fully saturated rings. The van der Waals surface area contributed by atoms with Crippen molar-refractivity contribution in [1.82, 2.24) is 15.2 Å². The predicted octanol–water partition coefficient (Wildman–Crippen LogP) is 2.04. The number of nitrogens with one attached hydrogen (secondary N) is 1. The van der Waals surface area contributed by atoms with Crippen molar-refractivity contribution in [3.05, 3.63) is 54.4 Å². The van der Waals surface area contributed by atoms with E-state index in [-0.39, 0.29) is 42.1 Å². The van der Waals surface area contributed by atoms with Crippen molar-refractivity contribution < 1.29 is 18.8 Å². The third kappa shape index (κ3) is 3.30. The molecular formula is C18H13N5O4. The van der Waals surface area contributed by atoms with Crippen LogP contribution in [0.3, 0.4) is 0 Å². The van der Waals surface area contributed by atoms with Crippen LogP contribution in [0.5, 0.6) is 0 Å². The maximum Gasteiger partial charge on any atom is 0.322 e. The number of carbonyl (C=O) groups excluding carboxylic acids is 3. The van der Waals surface area contributed by atoms with Crippen molar-refractivity contribution in [2.45, 2.75) is 12.8 Å². The van der Waals surface area contributed by atoms with E-state index in [9.17, 15) is 14.4 Å². The summed E-state index contributed by atoms with van der Waals surface area (Å²) in [5.74, 6) is -0.844. The normalized spacial score (nSPS) is 13.9. The molecule has 27 heavy (non-hydrogen) atoms. The zero-order valence-electron chi connectivity index (χ0n) is 14.0. The molecule has 1 aliphatic heterocycles. The summed E-state index contributed by atoms with van der Waals surface area (Å²) in [7, 11) is 0. The monoisotopic (exact) mass is 363 g/mol. The molecule has 4 rings (SSSR count). The van der Waals surface area contributed by atoms with Crippen LogP contribution < -0.4 is 10.2 Å². The van der Waals surface area contributed by atoms with Gasteiger partial charge in [-0.05, 0) is 30.3 Å². The Labute approximate surface area is 153 Å². The van der Waals surface area contributed by atoms with Gasteiger partial charge in [-0.15, -0.1) is 5.10 Å². The Bertz CT molecular complexity index is 1010. The van der Waals surface area contributed by atoms with Gasteiger partial charge < -0.3 is 4.42 Å². The van der Waals surface area contributed by atoms with Crippen molar-refractivity contribution in [1.29, 1.82) is 0 Å². The first-order valence-electron chi connectivity index (χ1n) is 8.13. The van der Waals surface area contributed by atoms with Gasteiger partial charge in [0.25, 0.3) is 11.8 Å². The fourth-order valence-electron chi connectivity index (χ4n) is 2.70. The largest absolute Gasteiger partial charge is 0.403 e. The molecule has 2 aromatic heterocycles. The van der Waals surface area contributed by atoms with Crippen molar-refractivity contribution in [3.8, 4) is 11.5 Å². The number of hydrogen-bond acceptors (Lipinski definition) is 7. The number of nitrogens with zero attached hydrogens (tertiary/aromatic N) is 4. The number of anilines is 2. The van der Waals surface area contributed by atoms with Crippen LogP contribution >= 0.6 is 0 Å². The molecule has 0 bridgehead atoms. The Morgan fingerprint density at radius 1 is 1.07 bits per heavy atom. The second-order valence-corrected chi connectivity index (χ2v) is 5.78. The maximum atomic E-state index is 12.5. The highest BCUT2D eigenvalue weighted by molar-refractivity contribution is 6.20. The molecule has 9 heteroatoms. The summed E-state index contributed by atoms with van der Waals surface area (Å²) in [6.07, 6.45) is 3.53. The number of imide groups is 1. The first-order valence-corrected chi connectivity index (χ1v) is 8.13. The fraction of sp³-hybridized carbons (Fsp3) is 0.111. The average molecular weight is 363 g/mol. The van der Waals surface area contributed by atoms with Gasteiger partial charge in [0, 0.05) is 30.8 Å². The molecule has 3 amide bonds. The van der Waals surface area contributed by atoms with E-state index >= 15 is 0 Å². The van der Waals surface area contributed by atoms with Gasteiger partial charge >= 0.3 is 6.01 Å². The number of amides is 3. The summed E-state index contributed by atoms with van der Waals surface area (Å²) in [4.78, 5) is 41.2. The Kier molecular flexibility index (Phi) is 4.17. The van der Waals surface area contributed by atoms with Gasteiger partial charge in [-0.2, -0.15) is 0 Å². The molecule has 0 atom stereocenters. The van der Waals surface area contributed by atoms with Crippen molar-refractivity contribution >= 4 is 29.4 Å². The molecule has 0 unspecified atom stereocenters. The Hall–Kier alpha value is -3.88. The van der Waals surface area contributed by atoms with E-state index in [2.05, 4.69) is 20.5 Å². The Balaban J connectivity index is 1.52. The highest BCUT2D eigenvalue weighted by Crippen LogP contribution is 2.24. The number of aromatic nitrogens is 3. The smallest absolute Gasteiger partial charge is 0.322 e. The molecule has 1 saturated heterocycles. The summed E-state index contributed by atoms with van der Waals surface area (Å²) >= 11 is 0. The molecule has 0 radical (unpaired) electrons. The Morgan fingerprint density at radius 2 is 1.89 bits per heavy atom. The number of benzene rings is 1. The minimum atomic E-state index is -0.502. The molecule has 0 saturated carbocycles. The zero-order valence-corrected chi connectivity index (χ0v) is 14.0. The van der Waals surface area contributed by atoms with E-state index in [1.165, 1.54) is 6.07 Å². The summed E-state index contributed by atoms with van der Waals surface area (Å²) in [5.41, 5.74) is 1.23. The predicted molar refractivity (Wildman–Crippen MR) is 93.7 cm³/mol. The van der Waals surface area contributed by atoms with E-state index in [1.807, 2.05) is 0 Å². The third-order valence-electron chi connectivity index (χ3n) is 3.97.